The van der Waals surface area contributed by atoms with Gasteiger partial charge in [0.15, 0.2) is 0 Å². The molecule has 0 unspecified atom stereocenters. The summed E-state index contributed by atoms with van der Waals surface area (Å²) in [5.74, 6) is 0.694. The summed E-state index contributed by atoms with van der Waals surface area (Å²) < 4.78 is 0. The lowest BCUT2D eigenvalue weighted by Gasteiger charge is -2.03. The smallest absolute Gasteiger partial charge is 0.271 e. The SMILES string of the molecule is Cc1cc(-c2c[nH]c(=O)c(N)c2)nc(C)n1. The van der Waals surface area contributed by atoms with Crippen LogP contribution < -0.4 is 11.3 Å². The number of aromatic nitrogens is 3. The Morgan fingerprint density at radius 1 is 1.25 bits per heavy atom. The Balaban J connectivity index is 2.58. The molecule has 82 valence electrons. The third-order valence-corrected chi connectivity index (χ3v) is 2.19. The molecule has 2 aromatic heterocycles. The van der Waals surface area contributed by atoms with Crippen LogP contribution in [-0.2, 0) is 0 Å². The van der Waals surface area contributed by atoms with Crippen molar-refractivity contribution in [2.45, 2.75) is 13.8 Å². The van der Waals surface area contributed by atoms with E-state index in [0.717, 1.165) is 17.0 Å². The van der Waals surface area contributed by atoms with Crippen LogP contribution in [0, 0.1) is 13.8 Å². The molecule has 16 heavy (non-hydrogen) atoms. The summed E-state index contributed by atoms with van der Waals surface area (Å²) in [4.78, 5) is 22.2. The number of aromatic amines is 1. The van der Waals surface area contributed by atoms with Crippen molar-refractivity contribution in [3.05, 3.63) is 40.2 Å². The molecule has 5 nitrogen and oxygen atoms in total. The topological polar surface area (TPSA) is 84.7 Å². The fraction of sp³-hybridized carbons (Fsp3) is 0.182. The molecule has 0 saturated heterocycles. The van der Waals surface area contributed by atoms with E-state index in [0.29, 0.717) is 5.82 Å². The average molecular weight is 216 g/mol. The fourth-order valence-corrected chi connectivity index (χ4v) is 1.51. The van der Waals surface area contributed by atoms with Crippen molar-refractivity contribution in [3.8, 4) is 11.3 Å². The van der Waals surface area contributed by atoms with E-state index in [9.17, 15) is 4.79 Å². The third-order valence-electron chi connectivity index (χ3n) is 2.19. The van der Waals surface area contributed by atoms with Crippen molar-refractivity contribution in [1.29, 1.82) is 0 Å². The largest absolute Gasteiger partial charge is 0.394 e. The lowest BCUT2D eigenvalue weighted by molar-refractivity contribution is 1.01. The van der Waals surface area contributed by atoms with Gasteiger partial charge < -0.3 is 10.7 Å². The molecule has 0 saturated carbocycles. The van der Waals surface area contributed by atoms with Crippen LogP contribution in [0.3, 0.4) is 0 Å². The number of H-pyrrole nitrogens is 1. The number of nitrogens with one attached hydrogen (secondary N) is 1. The van der Waals surface area contributed by atoms with Crippen LogP contribution in [0.2, 0.25) is 0 Å². The number of nitrogens with zero attached hydrogens (tertiary/aromatic N) is 2. The van der Waals surface area contributed by atoms with E-state index in [-0.39, 0.29) is 11.2 Å². The molecule has 0 fully saturated rings. The molecule has 2 aromatic rings. The van der Waals surface area contributed by atoms with Crippen molar-refractivity contribution in [1.82, 2.24) is 15.0 Å². The van der Waals surface area contributed by atoms with E-state index in [4.69, 9.17) is 5.73 Å². The Hall–Kier alpha value is -2.17. The van der Waals surface area contributed by atoms with Gasteiger partial charge in [0, 0.05) is 17.5 Å². The molecule has 0 bridgehead atoms. The second-order valence-electron chi connectivity index (χ2n) is 3.61. The molecule has 2 rings (SSSR count). The summed E-state index contributed by atoms with van der Waals surface area (Å²) >= 11 is 0. The zero-order chi connectivity index (χ0) is 11.7. The first kappa shape index (κ1) is 10.4. The predicted octanol–water partition coefficient (Wildman–Crippen LogP) is 1.03. The first-order chi connectivity index (χ1) is 7.56. The maximum Gasteiger partial charge on any atom is 0.271 e. The minimum Gasteiger partial charge on any atom is -0.394 e. The molecule has 5 heteroatoms. The third kappa shape index (κ3) is 1.93. The van der Waals surface area contributed by atoms with Crippen molar-refractivity contribution < 1.29 is 0 Å². The molecule has 0 atom stereocenters. The number of nitrogen functional groups attached to an aromatic ring is 1. The first-order valence-corrected chi connectivity index (χ1v) is 4.87. The van der Waals surface area contributed by atoms with E-state index >= 15 is 0 Å². The van der Waals surface area contributed by atoms with Gasteiger partial charge in [0.1, 0.15) is 5.82 Å². The molecule has 3 N–H and O–H groups in total. The van der Waals surface area contributed by atoms with Crippen LogP contribution in [0.1, 0.15) is 11.5 Å². The van der Waals surface area contributed by atoms with E-state index in [1.165, 1.54) is 0 Å². The van der Waals surface area contributed by atoms with E-state index < -0.39 is 0 Å². The van der Waals surface area contributed by atoms with Crippen molar-refractivity contribution in [3.63, 3.8) is 0 Å². The predicted molar refractivity (Wildman–Crippen MR) is 62.0 cm³/mol. The Morgan fingerprint density at radius 3 is 2.62 bits per heavy atom. The Labute approximate surface area is 92.4 Å². The summed E-state index contributed by atoms with van der Waals surface area (Å²) in [7, 11) is 0. The lowest BCUT2D eigenvalue weighted by Crippen LogP contribution is -2.10. The summed E-state index contributed by atoms with van der Waals surface area (Å²) in [6, 6.07) is 3.46. The van der Waals surface area contributed by atoms with Gasteiger partial charge >= 0.3 is 0 Å². The number of hydrogen-bond donors (Lipinski definition) is 2. The van der Waals surface area contributed by atoms with Crippen LogP contribution in [-0.4, -0.2) is 15.0 Å². The number of rotatable bonds is 1. The minimum absolute atomic E-state index is 0.186. The van der Waals surface area contributed by atoms with Crippen LogP contribution in [0.15, 0.2) is 23.1 Å². The molecule has 0 aliphatic carbocycles. The highest BCUT2D eigenvalue weighted by atomic mass is 16.1. The first-order valence-electron chi connectivity index (χ1n) is 4.87. The standard InChI is InChI=1S/C11H12N4O/c1-6-3-10(15-7(2)14-6)8-4-9(12)11(16)13-5-8/h3-5H,12H2,1-2H3,(H,13,16). The molecule has 0 aliphatic heterocycles. The highest BCUT2D eigenvalue weighted by Crippen LogP contribution is 2.17. The van der Waals surface area contributed by atoms with Gasteiger partial charge in [-0.1, -0.05) is 0 Å². The highest BCUT2D eigenvalue weighted by molar-refractivity contribution is 5.62. The maximum atomic E-state index is 11.1. The van der Waals surface area contributed by atoms with Gasteiger partial charge in [0.2, 0.25) is 0 Å². The van der Waals surface area contributed by atoms with Crippen LogP contribution in [0.5, 0.6) is 0 Å². The molecule has 0 amide bonds. The Kier molecular flexibility index (Phi) is 2.44. The van der Waals surface area contributed by atoms with Crippen molar-refractivity contribution >= 4 is 5.69 Å². The summed E-state index contributed by atoms with van der Waals surface area (Å²) in [6.45, 7) is 3.72. The van der Waals surface area contributed by atoms with Gasteiger partial charge in [-0.25, -0.2) is 9.97 Å². The second kappa shape index (κ2) is 3.77. The zero-order valence-corrected chi connectivity index (χ0v) is 9.11. The average Bonchev–Trinajstić information content (AvgIpc) is 2.20. The highest BCUT2D eigenvalue weighted by Gasteiger charge is 2.04. The van der Waals surface area contributed by atoms with E-state index in [2.05, 4.69) is 15.0 Å². The fourth-order valence-electron chi connectivity index (χ4n) is 1.51. The lowest BCUT2D eigenvalue weighted by atomic mass is 10.2. The van der Waals surface area contributed by atoms with Crippen LogP contribution >= 0.6 is 0 Å². The van der Waals surface area contributed by atoms with E-state index in [1.807, 2.05) is 19.9 Å². The molecular weight excluding hydrogens is 204 g/mol. The molecule has 0 spiro atoms. The number of aryl methyl sites for hydroxylation is 2. The van der Waals surface area contributed by atoms with Crippen molar-refractivity contribution in [2.75, 3.05) is 5.73 Å². The Bertz CT molecular complexity index is 569. The quantitative estimate of drug-likeness (QED) is 0.745. The molecular formula is C11H12N4O. The van der Waals surface area contributed by atoms with Crippen LogP contribution in [0.4, 0.5) is 5.69 Å². The number of anilines is 1. The number of pyridine rings is 1. The monoisotopic (exact) mass is 216 g/mol. The van der Waals surface area contributed by atoms with Gasteiger partial charge in [0.25, 0.3) is 5.56 Å². The van der Waals surface area contributed by atoms with Gasteiger partial charge in [-0.05, 0) is 26.0 Å². The maximum absolute atomic E-state index is 11.1. The molecule has 0 aromatic carbocycles. The molecule has 0 aliphatic rings. The summed E-state index contributed by atoms with van der Waals surface area (Å²) in [5.41, 5.74) is 7.87. The number of nitrogens with two attached hydrogens (primary N) is 1. The van der Waals surface area contributed by atoms with Gasteiger partial charge in [-0.3, -0.25) is 4.79 Å². The van der Waals surface area contributed by atoms with E-state index in [1.54, 1.807) is 12.3 Å². The summed E-state index contributed by atoms with van der Waals surface area (Å²) in [5, 5.41) is 0. The number of hydrogen-bond acceptors (Lipinski definition) is 4. The summed E-state index contributed by atoms with van der Waals surface area (Å²) in [6.07, 6.45) is 1.60. The van der Waals surface area contributed by atoms with Gasteiger partial charge in [-0.2, -0.15) is 0 Å². The second-order valence-corrected chi connectivity index (χ2v) is 3.61. The molecule has 0 radical (unpaired) electrons. The van der Waals surface area contributed by atoms with Crippen molar-refractivity contribution in [2.24, 2.45) is 0 Å². The van der Waals surface area contributed by atoms with Gasteiger partial charge in [0.05, 0.1) is 11.4 Å². The normalized spacial score (nSPS) is 10.4. The van der Waals surface area contributed by atoms with Crippen LogP contribution in [0.25, 0.3) is 11.3 Å². The molecule has 2 heterocycles. The Morgan fingerprint density at radius 2 is 2.00 bits per heavy atom. The van der Waals surface area contributed by atoms with Gasteiger partial charge in [-0.15, -0.1) is 0 Å². The zero-order valence-electron chi connectivity index (χ0n) is 9.11. The minimum atomic E-state index is -0.286.